The van der Waals surface area contributed by atoms with Crippen molar-refractivity contribution in [3.8, 4) is 0 Å². The second kappa shape index (κ2) is 3.81. The van der Waals surface area contributed by atoms with Crippen LogP contribution in [0, 0.1) is 5.82 Å². The normalized spacial score (nSPS) is 22.8. The molecule has 1 aromatic heterocycles. The van der Waals surface area contributed by atoms with E-state index in [-0.39, 0.29) is 11.8 Å². The van der Waals surface area contributed by atoms with Crippen molar-refractivity contribution in [2.24, 2.45) is 5.73 Å². The molecule has 1 heterocycles. The van der Waals surface area contributed by atoms with Gasteiger partial charge in [-0.15, -0.1) is 0 Å². The zero-order valence-corrected chi connectivity index (χ0v) is 9.82. The van der Waals surface area contributed by atoms with Gasteiger partial charge in [0.1, 0.15) is 11.6 Å². The summed E-state index contributed by atoms with van der Waals surface area (Å²) in [5.74, 6) is 0.491. The number of nitrogen functional groups attached to an aromatic ring is 1. The monoisotopic (exact) mass is 247 g/mol. The third-order valence-corrected chi connectivity index (χ3v) is 3.49. The lowest BCUT2D eigenvalue weighted by Crippen LogP contribution is -2.42. The van der Waals surface area contributed by atoms with Crippen molar-refractivity contribution in [1.82, 2.24) is 4.98 Å². The summed E-state index contributed by atoms with van der Waals surface area (Å²) in [6.45, 7) is 0. The van der Waals surface area contributed by atoms with Crippen LogP contribution >= 0.6 is 0 Å². The first-order valence-electron chi connectivity index (χ1n) is 5.86. The number of hydrogen-bond donors (Lipinski definition) is 2. The first kappa shape index (κ1) is 11.2. The Balaban J connectivity index is 2.01. The molecule has 2 aromatic rings. The maximum Gasteiger partial charge on any atom is 0.292 e. The number of nitrogens with two attached hydrogens (primary N) is 2. The van der Waals surface area contributed by atoms with E-state index in [0.717, 1.165) is 11.5 Å². The van der Waals surface area contributed by atoms with Gasteiger partial charge in [-0.1, -0.05) is 18.2 Å². The summed E-state index contributed by atoms with van der Waals surface area (Å²) in [5.41, 5.74) is 12.4. The average molecular weight is 247 g/mol. The number of benzene rings is 1. The van der Waals surface area contributed by atoms with E-state index in [1.807, 2.05) is 0 Å². The number of oxazole rings is 1. The lowest BCUT2D eigenvalue weighted by molar-refractivity contribution is 0.342. The van der Waals surface area contributed by atoms with E-state index < -0.39 is 5.54 Å². The SMILES string of the molecule is Nc1nc2c(o1)CCC(N)(c1ccccc1F)C2. The van der Waals surface area contributed by atoms with Gasteiger partial charge in [0.05, 0.1) is 5.69 Å². The maximum absolute atomic E-state index is 13.9. The Labute approximate surface area is 104 Å². The zero-order valence-electron chi connectivity index (χ0n) is 9.82. The molecule has 1 aliphatic carbocycles. The molecule has 0 amide bonds. The van der Waals surface area contributed by atoms with Crippen LogP contribution in [0.25, 0.3) is 0 Å². The lowest BCUT2D eigenvalue weighted by Gasteiger charge is -2.32. The summed E-state index contributed by atoms with van der Waals surface area (Å²) < 4.78 is 19.1. The van der Waals surface area contributed by atoms with Gasteiger partial charge in [0.15, 0.2) is 0 Å². The molecule has 1 atom stereocenters. The number of halogens is 1. The molecule has 0 bridgehead atoms. The molecule has 0 radical (unpaired) electrons. The third kappa shape index (κ3) is 1.67. The van der Waals surface area contributed by atoms with Gasteiger partial charge in [0.2, 0.25) is 0 Å². The molecule has 1 aliphatic rings. The Hall–Kier alpha value is -1.88. The van der Waals surface area contributed by atoms with Gasteiger partial charge in [-0.3, -0.25) is 0 Å². The van der Waals surface area contributed by atoms with Crippen LogP contribution < -0.4 is 11.5 Å². The predicted octanol–water partition coefficient (Wildman–Crippen LogP) is 1.74. The Morgan fingerprint density at radius 2 is 2.11 bits per heavy atom. The lowest BCUT2D eigenvalue weighted by atomic mass is 9.78. The molecule has 0 fully saturated rings. The van der Waals surface area contributed by atoms with Crippen LogP contribution in [-0.2, 0) is 18.4 Å². The van der Waals surface area contributed by atoms with E-state index in [2.05, 4.69) is 4.98 Å². The number of aromatic nitrogens is 1. The quantitative estimate of drug-likeness (QED) is 0.804. The molecule has 4 nitrogen and oxygen atoms in total. The van der Waals surface area contributed by atoms with Crippen LogP contribution in [0.15, 0.2) is 28.7 Å². The molecule has 0 saturated carbocycles. The molecule has 0 spiro atoms. The molecule has 94 valence electrons. The van der Waals surface area contributed by atoms with Crippen molar-refractivity contribution in [2.45, 2.75) is 24.8 Å². The molecular weight excluding hydrogens is 233 g/mol. The minimum Gasteiger partial charge on any atom is -0.429 e. The molecule has 1 unspecified atom stereocenters. The molecule has 4 N–H and O–H groups in total. The molecule has 0 saturated heterocycles. The van der Waals surface area contributed by atoms with Gasteiger partial charge in [-0.05, 0) is 12.5 Å². The minimum atomic E-state index is -0.734. The minimum absolute atomic E-state index is 0.151. The van der Waals surface area contributed by atoms with E-state index in [0.29, 0.717) is 24.8 Å². The van der Waals surface area contributed by atoms with Crippen LogP contribution in [-0.4, -0.2) is 4.98 Å². The summed E-state index contributed by atoms with van der Waals surface area (Å²) in [6.07, 6.45) is 1.70. The largest absolute Gasteiger partial charge is 0.429 e. The number of nitrogens with zero attached hydrogens (tertiary/aromatic N) is 1. The van der Waals surface area contributed by atoms with Gasteiger partial charge in [0, 0.05) is 23.9 Å². The summed E-state index contributed by atoms with van der Waals surface area (Å²) in [4.78, 5) is 4.11. The van der Waals surface area contributed by atoms with Crippen molar-refractivity contribution in [3.05, 3.63) is 47.1 Å². The van der Waals surface area contributed by atoms with E-state index in [1.54, 1.807) is 18.2 Å². The Kier molecular flexibility index (Phi) is 2.38. The van der Waals surface area contributed by atoms with Gasteiger partial charge in [-0.2, -0.15) is 4.98 Å². The highest BCUT2D eigenvalue weighted by Crippen LogP contribution is 2.35. The summed E-state index contributed by atoms with van der Waals surface area (Å²) in [7, 11) is 0. The molecule has 0 aliphatic heterocycles. The first-order chi connectivity index (χ1) is 8.58. The Morgan fingerprint density at radius 1 is 1.33 bits per heavy atom. The highest BCUT2D eigenvalue weighted by atomic mass is 19.1. The van der Waals surface area contributed by atoms with Gasteiger partial charge >= 0.3 is 0 Å². The highest BCUT2D eigenvalue weighted by Gasteiger charge is 2.36. The highest BCUT2D eigenvalue weighted by molar-refractivity contribution is 5.33. The van der Waals surface area contributed by atoms with Crippen molar-refractivity contribution < 1.29 is 8.81 Å². The van der Waals surface area contributed by atoms with Crippen molar-refractivity contribution in [1.29, 1.82) is 0 Å². The number of hydrogen-bond acceptors (Lipinski definition) is 4. The summed E-state index contributed by atoms with van der Waals surface area (Å²) in [6, 6.07) is 6.75. The molecule has 1 aromatic carbocycles. The molecular formula is C13H14FN3O. The van der Waals surface area contributed by atoms with Crippen LogP contribution in [0.4, 0.5) is 10.4 Å². The first-order valence-corrected chi connectivity index (χ1v) is 5.86. The van der Waals surface area contributed by atoms with E-state index in [9.17, 15) is 4.39 Å². The van der Waals surface area contributed by atoms with Crippen LogP contribution in [0.3, 0.4) is 0 Å². The fourth-order valence-corrected chi connectivity index (χ4v) is 2.56. The molecule has 18 heavy (non-hydrogen) atoms. The van der Waals surface area contributed by atoms with Crippen molar-refractivity contribution >= 4 is 6.01 Å². The van der Waals surface area contributed by atoms with Gasteiger partial charge < -0.3 is 15.9 Å². The third-order valence-electron chi connectivity index (χ3n) is 3.49. The van der Waals surface area contributed by atoms with Crippen molar-refractivity contribution in [3.63, 3.8) is 0 Å². The van der Waals surface area contributed by atoms with Crippen molar-refractivity contribution in [2.75, 3.05) is 5.73 Å². The second-order valence-corrected chi connectivity index (χ2v) is 4.73. The Bertz CT molecular complexity index is 596. The number of aryl methyl sites for hydroxylation is 1. The summed E-state index contributed by atoms with van der Waals surface area (Å²) >= 11 is 0. The van der Waals surface area contributed by atoms with Crippen LogP contribution in [0.5, 0.6) is 0 Å². The molecule has 5 heteroatoms. The van der Waals surface area contributed by atoms with Crippen LogP contribution in [0.1, 0.15) is 23.4 Å². The van der Waals surface area contributed by atoms with E-state index in [4.69, 9.17) is 15.9 Å². The smallest absolute Gasteiger partial charge is 0.292 e. The van der Waals surface area contributed by atoms with Gasteiger partial charge in [-0.25, -0.2) is 4.39 Å². The zero-order chi connectivity index (χ0) is 12.8. The fourth-order valence-electron chi connectivity index (χ4n) is 2.56. The average Bonchev–Trinajstić information content (AvgIpc) is 2.68. The Morgan fingerprint density at radius 3 is 2.89 bits per heavy atom. The maximum atomic E-state index is 13.9. The van der Waals surface area contributed by atoms with Crippen LogP contribution in [0.2, 0.25) is 0 Å². The standard InChI is InChI=1S/C13H14FN3O/c14-9-4-2-1-3-8(9)13(16)6-5-11-10(7-13)17-12(15)18-11/h1-4H,5-7,16H2,(H2,15,17). The second-order valence-electron chi connectivity index (χ2n) is 4.73. The van der Waals surface area contributed by atoms with Gasteiger partial charge in [0.25, 0.3) is 6.01 Å². The van der Waals surface area contributed by atoms with E-state index in [1.165, 1.54) is 6.07 Å². The topological polar surface area (TPSA) is 78.1 Å². The number of anilines is 1. The number of rotatable bonds is 1. The predicted molar refractivity (Wildman–Crippen MR) is 65.2 cm³/mol. The fraction of sp³-hybridized carbons (Fsp3) is 0.308. The molecule has 3 rings (SSSR count). The van der Waals surface area contributed by atoms with E-state index >= 15 is 0 Å². The summed E-state index contributed by atoms with van der Waals surface area (Å²) in [5, 5.41) is 0. The number of fused-ring (bicyclic) bond motifs is 1.